The Bertz CT molecular complexity index is 824. The fourth-order valence-corrected chi connectivity index (χ4v) is 3.22. The van der Waals surface area contributed by atoms with E-state index < -0.39 is 17.1 Å². The minimum atomic E-state index is -0.751. The molecule has 0 aliphatic carbocycles. The molecule has 0 radical (unpaired) electrons. The molecule has 2 rings (SSSR count). The topological polar surface area (TPSA) is 64.6 Å². The lowest BCUT2D eigenvalue weighted by Crippen LogP contribution is -2.38. The van der Waals surface area contributed by atoms with Crippen LogP contribution < -0.4 is 5.32 Å². The molecule has 162 valence electrons. The largest absolute Gasteiger partial charge is 0.466 e. The van der Waals surface area contributed by atoms with Crippen LogP contribution in [0, 0.1) is 5.41 Å². The summed E-state index contributed by atoms with van der Waals surface area (Å²) in [6.45, 7) is 9.77. The monoisotopic (exact) mass is 411 g/mol. The Morgan fingerprint density at radius 2 is 1.50 bits per heavy atom. The van der Waals surface area contributed by atoms with Crippen molar-refractivity contribution >= 4 is 12.1 Å². The number of carbonyl (C=O) groups is 2. The molecule has 1 amide bonds. The van der Waals surface area contributed by atoms with E-state index in [2.05, 4.69) is 29.6 Å². The number of carbonyl (C=O) groups excluding carboxylic acids is 2. The fourth-order valence-electron chi connectivity index (χ4n) is 3.22. The Hall–Kier alpha value is -2.82. The van der Waals surface area contributed by atoms with Gasteiger partial charge in [-0.05, 0) is 64.2 Å². The molecule has 1 N–H and O–H groups in total. The van der Waals surface area contributed by atoms with Crippen LogP contribution in [0.4, 0.5) is 4.79 Å². The van der Waals surface area contributed by atoms with Gasteiger partial charge in [-0.25, -0.2) is 4.79 Å². The first-order valence-corrected chi connectivity index (χ1v) is 10.4. The minimum absolute atomic E-state index is 0.261. The standard InChI is InChI=1S/C25H33NO4/c1-6-29-22(27)25(5,16-17-26-23(28)30-24(2,3)4)18-19-12-14-21(15-13-19)20-10-8-7-9-11-20/h7-15H,6,16-18H2,1-5H3,(H,26,28). The molecular weight excluding hydrogens is 378 g/mol. The summed E-state index contributed by atoms with van der Waals surface area (Å²) >= 11 is 0. The average Bonchev–Trinajstić information content (AvgIpc) is 2.68. The predicted molar refractivity (Wildman–Crippen MR) is 119 cm³/mol. The highest BCUT2D eigenvalue weighted by atomic mass is 16.6. The number of benzene rings is 2. The van der Waals surface area contributed by atoms with Crippen molar-refractivity contribution in [3.05, 3.63) is 60.2 Å². The zero-order valence-electron chi connectivity index (χ0n) is 18.7. The van der Waals surface area contributed by atoms with Crippen molar-refractivity contribution in [1.29, 1.82) is 0 Å². The molecule has 0 bridgehead atoms. The van der Waals surface area contributed by atoms with Crippen molar-refractivity contribution in [3.63, 3.8) is 0 Å². The number of hydrogen-bond acceptors (Lipinski definition) is 4. The Labute approximate surface area is 179 Å². The van der Waals surface area contributed by atoms with Gasteiger partial charge in [0.25, 0.3) is 0 Å². The Balaban J connectivity index is 2.06. The van der Waals surface area contributed by atoms with E-state index in [0.29, 0.717) is 26.0 Å². The molecule has 0 saturated carbocycles. The maximum absolute atomic E-state index is 12.7. The van der Waals surface area contributed by atoms with Crippen LogP contribution in [-0.4, -0.2) is 30.8 Å². The van der Waals surface area contributed by atoms with Crippen LogP contribution in [0.25, 0.3) is 11.1 Å². The zero-order valence-corrected chi connectivity index (χ0v) is 18.7. The Morgan fingerprint density at radius 3 is 2.07 bits per heavy atom. The van der Waals surface area contributed by atoms with Crippen LogP contribution in [0.5, 0.6) is 0 Å². The van der Waals surface area contributed by atoms with E-state index in [1.54, 1.807) is 6.92 Å². The SMILES string of the molecule is CCOC(=O)C(C)(CCNC(=O)OC(C)(C)C)Cc1ccc(-c2ccccc2)cc1. The van der Waals surface area contributed by atoms with Crippen molar-refractivity contribution < 1.29 is 19.1 Å². The highest BCUT2D eigenvalue weighted by molar-refractivity contribution is 5.77. The molecule has 5 nitrogen and oxygen atoms in total. The molecule has 0 saturated heterocycles. The van der Waals surface area contributed by atoms with Crippen molar-refractivity contribution in [2.75, 3.05) is 13.2 Å². The Kier molecular flexibility index (Phi) is 8.04. The number of ether oxygens (including phenoxy) is 2. The molecule has 0 fully saturated rings. The lowest BCUT2D eigenvalue weighted by molar-refractivity contribution is -0.154. The third-order valence-corrected chi connectivity index (χ3v) is 4.77. The molecule has 0 aliphatic rings. The van der Waals surface area contributed by atoms with Gasteiger partial charge in [-0.3, -0.25) is 4.79 Å². The Morgan fingerprint density at radius 1 is 0.900 bits per heavy atom. The summed E-state index contributed by atoms with van der Waals surface area (Å²) in [7, 11) is 0. The van der Waals surface area contributed by atoms with Crippen LogP contribution in [0.1, 0.15) is 46.6 Å². The van der Waals surface area contributed by atoms with E-state index in [-0.39, 0.29) is 5.97 Å². The average molecular weight is 412 g/mol. The van der Waals surface area contributed by atoms with Crippen LogP contribution in [-0.2, 0) is 20.7 Å². The molecule has 0 heterocycles. The van der Waals surface area contributed by atoms with E-state index in [0.717, 1.165) is 16.7 Å². The second-order valence-corrected chi connectivity index (χ2v) is 8.70. The fraction of sp³-hybridized carbons (Fsp3) is 0.440. The number of alkyl carbamates (subject to hydrolysis) is 1. The van der Waals surface area contributed by atoms with Crippen LogP contribution in [0.3, 0.4) is 0 Å². The van der Waals surface area contributed by atoms with E-state index in [1.165, 1.54) is 0 Å². The molecule has 0 spiro atoms. The molecule has 30 heavy (non-hydrogen) atoms. The van der Waals surface area contributed by atoms with Gasteiger partial charge in [0.2, 0.25) is 0 Å². The van der Waals surface area contributed by atoms with Crippen molar-refractivity contribution in [3.8, 4) is 11.1 Å². The summed E-state index contributed by atoms with van der Waals surface area (Å²) in [6, 6.07) is 18.4. The lowest BCUT2D eigenvalue weighted by Gasteiger charge is -2.28. The van der Waals surface area contributed by atoms with Gasteiger partial charge in [-0.1, -0.05) is 54.6 Å². The van der Waals surface area contributed by atoms with Gasteiger partial charge in [-0.15, -0.1) is 0 Å². The van der Waals surface area contributed by atoms with Crippen molar-refractivity contribution in [2.24, 2.45) is 5.41 Å². The molecule has 0 aromatic heterocycles. The molecule has 2 aromatic rings. The zero-order chi connectivity index (χ0) is 22.2. The summed E-state index contributed by atoms with van der Waals surface area (Å²) in [5.41, 5.74) is 2.01. The molecular formula is C25H33NO4. The second kappa shape index (κ2) is 10.3. The van der Waals surface area contributed by atoms with E-state index >= 15 is 0 Å². The minimum Gasteiger partial charge on any atom is -0.466 e. The first-order chi connectivity index (χ1) is 14.1. The maximum atomic E-state index is 12.7. The maximum Gasteiger partial charge on any atom is 0.407 e. The van der Waals surface area contributed by atoms with Gasteiger partial charge in [0, 0.05) is 6.54 Å². The van der Waals surface area contributed by atoms with Crippen LogP contribution >= 0.6 is 0 Å². The van der Waals surface area contributed by atoms with Gasteiger partial charge in [-0.2, -0.15) is 0 Å². The molecule has 1 unspecified atom stereocenters. The quantitative estimate of drug-likeness (QED) is 0.592. The summed E-state index contributed by atoms with van der Waals surface area (Å²) < 4.78 is 10.6. The van der Waals surface area contributed by atoms with Gasteiger partial charge in [0.1, 0.15) is 5.60 Å². The first-order valence-electron chi connectivity index (χ1n) is 10.4. The molecule has 0 aliphatic heterocycles. The molecule has 5 heteroatoms. The number of rotatable bonds is 8. The van der Waals surface area contributed by atoms with Gasteiger partial charge >= 0.3 is 12.1 Å². The third kappa shape index (κ3) is 7.21. The normalized spacial score (nSPS) is 13.2. The molecule has 1 atom stereocenters. The number of hydrogen-bond donors (Lipinski definition) is 1. The van der Waals surface area contributed by atoms with Crippen molar-refractivity contribution in [2.45, 2.75) is 53.1 Å². The molecule has 2 aromatic carbocycles. The summed E-state index contributed by atoms with van der Waals surface area (Å²) in [5.74, 6) is -0.261. The van der Waals surface area contributed by atoms with E-state index in [4.69, 9.17) is 9.47 Å². The highest BCUT2D eigenvalue weighted by Crippen LogP contribution is 2.29. The summed E-state index contributed by atoms with van der Waals surface area (Å²) in [4.78, 5) is 24.6. The van der Waals surface area contributed by atoms with E-state index in [9.17, 15) is 9.59 Å². The lowest BCUT2D eigenvalue weighted by atomic mass is 9.80. The van der Waals surface area contributed by atoms with Crippen molar-refractivity contribution in [1.82, 2.24) is 5.32 Å². The van der Waals surface area contributed by atoms with Crippen LogP contribution in [0.15, 0.2) is 54.6 Å². The van der Waals surface area contributed by atoms with Gasteiger partial charge in [0.05, 0.1) is 12.0 Å². The van der Waals surface area contributed by atoms with E-state index in [1.807, 2.05) is 58.0 Å². The van der Waals surface area contributed by atoms with Crippen LogP contribution in [0.2, 0.25) is 0 Å². The summed E-state index contributed by atoms with van der Waals surface area (Å²) in [5, 5.41) is 2.74. The highest BCUT2D eigenvalue weighted by Gasteiger charge is 2.35. The van der Waals surface area contributed by atoms with Gasteiger partial charge < -0.3 is 14.8 Å². The predicted octanol–water partition coefficient (Wildman–Crippen LogP) is 5.38. The van der Waals surface area contributed by atoms with Gasteiger partial charge in [0.15, 0.2) is 0 Å². The summed E-state index contributed by atoms with van der Waals surface area (Å²) in [6.07, 6.45) is 0.489. The first kappa shape index (κ1) is 23.5. The number of nitrogens with one attached hydrogen (secondary N) is 1. The smallest absolute Gasteiger partial charge is 0.407 e. The number of amides is 1. The second-order valence-electron chi connectivity index (χ2n) is 8.70. The third-order valence-electron chi connectivity index (χ3n) is 4.77. The number of esters is 1.